The molecule has 0 saturated carbocycles. The van der Waals surface area contributed by atoms with Crippen LogP contribution in [0.2, 0.25) is 0 Å². The Hall–Kier alpha value is -2.20. The lowest BCUT2D eigenvalue weighted by atomic mass is 10.1. The highest BCUT2D eigenvalue weighted by atomic mass is 32.1. The highest BCUT2D eigenvalue weighted by Gasteiger charge is 2.05. The molecule has 0 spiro atoms. The number of thiazole rings is 1. The van der Waals surface area contributed by atoms with Crippen molar-refractivity contribution in [2.45, 2.75) is 13.8 Å². The number of nitrogens with zero attached hydrogens (tertiary/aromatic N) is 2. The van der Waals surface area contributed by atoms with Crippen LogP contribution in [0.15, 0.2) is 48.0 Å². The number of anilines is 2. The molecule has 0 aliphatic rings. The molecule has 100 valence electrons. The van der Waals surface area contributed by atoms with E-state index in [2.05, 4.69) is 51.9 Å². The van der Waals surface area contributed by atoms with E-state index in [0.29, 0.717) is 0 Å². The fraction of sp³-hybridized carbons (Fsp3) is 0.125. The van der Waals surface area contributed by atoms with Crippen molar-refractivity contribution in [1.29, 1.82) is 0 Å². The van der Waals surface area contributed by atoms with E-state index in [-0.39, 0.29) is 0 Å². The summed E-state index contributed by atoms with van der Waals surface area (Å²) in [7, 11) is 0. The number of rotatable bonds is 3. The van der Waals surface area contributed by atoms with Gasteiger partial charge in [0.15, 0.2) is 5.13 Å². The van der Waals surface area contributed by atoms with E-state index >= 15 is 0 Å². The fourth-order valence-corrected chi connectivity index (χ4v) is 2.65. The molecule has 0 unspecified atom stereocenters. The van der Waals surface area contributed by atoms with E-state index < -0.39 is 0 Å². The van der Waals surface area contributed by atoms with Gasteiger partial charge in [-0.1, -0.05) is 29.8 Å². The molecule has 3 aromatic rings. The Labute approximate surface area is 122 Å². The van der Waals surface area contributed by atoms with Gasteiger partial charge in [-0.2, -0.15) is 0 Å². The second-order valence-electron chi connectivity index (χ2n) is 4.75. The van der Waals surface area contributed by atoms with Crippen LogP contribution >= 0.6 is 11.3 Å². The Morgan fingerprint density at radius 2 is 1.95 bits per heavy atom. The van der Waals surface area contributed by atoms with Crippen molar-refractivity contribution in [3.8, 4) is 11.3 Å². The molecule has 0 aliphatic carbocycles. The average Bonchev–Trinajstić information content (AvgIpc) is 2.90. The van der Waals surface area contributed by atoms with Crippen LogP contribution in [-0.4, -0.2) is 9.97 Å². The molecule has 2 heterocycles. The van der Waals surface area contributed by atoms with E-state index in [1.54, 1.807) is 11.3 Å². The summed E-state index contributed by atoms with van der Waals surface area (Å²) in [6.07, 6.45) is 1.84. The van der Waals surface area contributed by atoms with Gasteiger partial charge < -0.3 is 5.32 Å². The van der Waals surface area contributed by atoms with Crippen molar-refractivity contribution < 1.29 is 0 Å². The third-order valence-electron chi connectivity index (χ3n) is 2.96. The van der Waals surface area contributed by atoms with Crippen LogP contribution in [0.1, 0.15) is 11.1 Å². The molecule has 1 N–H and O–H groups in total. The van der Waals surface area contributed by atoms with Crippen molar-refractivity contribution in [3.63, 3.8) is 0 Å². The minimum Gasteiger partial charge on any atom is -0.316 e. The lowest BCUT2D eigenvalue weighted by molar-refractivity contribution is 1.25. The Bertz CT molecular complexity index is 717. The van der Waals surface area contributed by atoms with E-state index in [1.807, 2.05) is 25.3 Å². The van der Waals surface area contributed by atoms with Gasteiger partial charge in [0.25, 0.3) is 0 Å². The van der Waals surface area contributed by atoms with Crippen molar-refractivity contribution in [3.05, 3.63) is 59.1 Å². The van der Waals surface area contributed by atoms with Crippen LogP contribution in [0.25, 0.3) is 11.3 Å². The van der Waals surface area contributed by atoms with Gasteiger partial charge in [-0.05, 0) is 31.5 Å². The predicted molar refractivity (Wildman–Crippen MR) is 84.5 cm³/mol. The molecular formula is C16H15N3S. The Balaban J connectivity index is 1.82. The highest BCUT2D eigenvalue weighted by Crippen LogP contribution is 2.27. The van der Waals surface area contributed by atoms with Crippen molar-refractivity contribution in [1.82, 2.24) is 9.97 Å². The molecule has 2 aromatic heterocycles. The largest absolute Gasteiger partial charge is 0.316 e. The summed E-state index contributed by atoms with van der Waals surface area (Å²) < 4.78 is 0. The molecule has 4 heteroatoms. The molecule has 0 aliphatic heterocycles. The molecule has 20 heavy (non-hydrogen) atoms. The molecule has 3 nitrogen and oxygen atoms in total. The summed E-state index contributed by atoms with van der Waals surface area (Å²) in [6, 6.07) is 12.4. The maximum Gasteiger partial charge on any atom is 0.188 e. The molecule has 3 rings (SSSR count). The third kappa shape index (κ3) is 2.86. The molecular weight excluding hydrogens is 266 g/mol. The predicted octanol–water partition coefficient (Wildman–Crippen LogP) is 4.57. The summed E-state index contributed by atoms with van der Waals surface area (Å²) >= 11 is 1.59. The smallest absolute Gasteiger partial charge is 0.188 e. The van der Waals surface area contributed by atoms with Crippen LogP contribution in [0.3, 0.4) is 0 Å². The summed E-state index contributed by atoms with van der Waals surface area (Å²) in [4.78, 5) is 8.93. The fourth-order valence-electron chi connectivity index (χ4n) is 1.92. The quantitative estimate of drug-likeness (QED) is 0.764. The number of pyridine rings is 1. The molecule has 1 aromatic carbocycles. The minimum absolute atomic E-state index is 0.820. The monoisotopic (exact) mass is 281 g/mol. The molecule has 0 radical (unpaired) electrons. The summed E-state index contributed by atoms with van der Waals surface area (Å²) in [5.74, 6) is 0.820. The van der Waals surface area contributed by atoms with Crippen LogP contribution in [0, 0.1) is 13.8 Å². The summed E-state index contributed by atoms with van der Waals surface area (Å²) in [6.45, 7) is 4.11. The number of aromatic nitrogens is 2. The van der Waals surface area contributed by atoms with Crippen LogP contribution in [-0.2, 0) is 0 Å². The SMILES string of the molecule is Cc1ccc(Nc2nc(-c3cccc(C)c3)cs2)nc1. The van der Waals surface area contributed by atoms with Gasteiger partial charge in [-0.15, -0.1) is 11.3 Å². The Morgan fingerprint density at radius 3 is 2.70 bits per heavy atom. The van der Waals surface area contributed by atoms with Gasteiger partial charge >= 0.3 is 0 Å². The van der Waals surface area contributed by atoms with Crippen molar-refractivity contribution in [2.24, 2.45) is 0 Å². The Kier molecular flexibility index (Phi) is 3.48. The zero-order valence-corrected chi connectivity index (χ0v) is 12.2. The number of hydrogen-bond acceptors (Lipinski definition) is 4. The normalized spacial score (nSPS) is 10.5. The average molecular weight is 281 g/mol. The number of benzene rings is 1. The maximum atomic E-state index is 4.61. The van der Waals surface area contributed by atoms with Crippen LogP contribution in [0.5, 0.6) is 0 Å². The van der Waals surface area contributed by atoms with Gasteiger partial charge in [0, 0.05) is 17.1 Å². The molecule has 0 bridgehead atoms. The first-order chi connectivity index (χ1) is 9.70. The number of aryl methyl sites for hydroxylation is 2. The molecule has 0 saturated heterocycles. The van der Waals surface area contributed by atoms with Crippen molar-refractivity contribution in [2.75, 3.05) is 5.32 Å². The maximum absolute atomic E-state index is 4.61. The van der Waals surface area contributed by atoms with Crippen molar-refractivity contribution >= 4 is 22.3 Å². The van der Waals surface area contributed by atoms with E-state index in [0.717, 1.165) is 27.8 Å². The van der Waals surface area contributed by atoms with Gasteiger partial charge in [-0.25, -0.2) is 9.97 Å². The topological polar surface area (TPSA) is 37.8 Å². The number of nitrogens with one attached hydrogen (secondary N) is 1. The summed E-state index contributed by atoms with van der Waals surface area (Å²) in [5, 5.41) is 6.15. The van der Waals surface area contributed by atoms with E-state index in [4.69, 9.17) is 0 Å². The van der Waals surface area contributed by atoms with Gasteiger partial charge in [0.05, 0.1) is 5.69 Å². The molecule has 0 fully saturated rings. The van der Waals surface area contributed by atoms with E-state index in [9.17, 15) is 0 Å². The molecule has 0 atom stereocenters. The van der Waals surface area contributed by atoms with Crippen LogP contribution in [0.4, 0.5) is 10.9 Å². The first-order valence-electron chi connectivity index (χ1n) is 6.43. The highest BCUT2D eigenvalue weighted by molar-refractivity contribution is 7.14. The minimum atomic E-state index is 0.820. The number of hydrogen-bond donors (Lipinski definition) is 1. The van der Waals surface area contributed by atoms with Gasteiger partial charge in [0.1, 0.15) is 5.82 Å². The second kappa shape index (κ2) is 5.43. The first-order valence-corrected chi connectivity index (χ1v) is 7.31. The lowest BCUT2D eigenvalue weighted by Crippen LogP contribution is -1.92. The van der Waals surface area contributed by atoms with Gasteiger partial charge in [0.2, 0.25) is 0 Å². The van der Waals surface area contributed by atoms with Crippen LogP contribution < -0.4 is 5.32 Å². The van der Waals surface area contributed by atoms with E-state index in [1.165, 1.54) is 5.56 Å². The standard InChI is InChI=1S/C16H15N3S/c1-11-4-3-5-13(8-11)14-10-20-16(18-14)19-15-7-6-12(2)9-17-15/h3-10H,1-2H3,(H,17,18,19). The zero-order chi connectivity index (χ0) is 13.9. The zero-order valence-electron chi connectivity index (χ0n) is 11.4. The third-order valence-corrected chi connectivity index (χ3v) is 3.72. The Morgan fingerprint density at radius 1 is 1.05 bits per heavy atom. The second-order valence-corrected chi connectivity index (χ2v) is 5.61. The first kappa shape index (κ1) is 12.8. The molecule has 0 amide bonds. The summed E-state index contributed by atoms with van der Waals surface area (Å²) in [5.41, 5.74) is 4.53. The lowest BCUT2D eigenvalue weighted by Gasteiger charge is -2.01. The van der Waals surface area contributed by atoms with Gasteiger partial charge in [-0.3, -0.25) is 0 Å².